The lowest BCUT2D eigenvalue weighted by molar-refractivity contribution is 0.670. The minimum atomic E-state index is 0.901. The van der Waals surface area contributed by atoms with E-state index in [9.17, 15) is 0 Å². The van der Waals surface area contributed by atoms with Gasteiger partial charge in [0.05, 0.1) is 11.0 Å². The van der Waals surface area contributed by atoms with Gasteiger partial charge in [0.25, 0.3) is 0 Å². The van der Waals surface area contributed by atoms with Gasteiger partial charge in [-0.1, -0.05) is 158 Å². The van der Waals surface area contributed by atoms with Crippen LogP contribution in [0.1, 0.15) is 0 Å². The van der Waals surface area contributed by atoms with E-state index in [1.807, 2.05) is 12.1 Å². The maximum Gasteiger partial charge on any atom is 0.143 e. The molecule has 0 radical (unpaired) electrons. The number of furan rings is 1. The lowest BCUT2D eigenvalue weighted by Gasteiger charge is -2.26. The molecule has 10 aromatic carbocycles. The third-order valence-electron chi connectivity index (χ3n) is 12.4. The highest BCUT2D eigenvalue weighted by molar-refractivity contribution is 6.11. The Morgan fingerprint density at radius 1 is 0.302 bits per heavy atom. The van der Waals surface area contributed by atoms with Crippen molar-refractivity contribution >= 4 is 60.8 Å². The smallest absolute Gasteiger partial charge is 0.143 e. The summed E-state index contributed by atoms with van der Waals surface area (Å²) in [6.07, 6.45) is 0. The Balaban J connectivity index is 0.997. The second-order valence-electron chi connectivity index (χ2n) is 16.1. The summed E-state index contributed by atoms with van der Waals surface area (Å²) >= 11 is 0. The second-order valence-corrected chi connectivity index (χ2v) is 16.1. The Bertz CT molecular complexity index is 3530. The zero-order chi connectivity index (χ0) is 41.7. The van der Waals surface area contributed by atoms with E-state index in [0.717, 1.165) is 61.4 Å². The van der Waals surface area contributed by atoms with Gasteiger partial charge in [-0.25, -0.2) is 0 Å². The molecule has 0 amide bonds. The molecule has 3 nitrogen and oxygen atoms in total. The van der Waals surface area contributed by atoms with Crippen molar-refractivity contribution in [3.63, 3.8) is 0 Å². The van der Waals surface area contributed by atoms with Crippen molar-refractivity contribution < 1.29 is 4.42 Å². The van der Waals surface area contributed by atoms with Crippen LogP contribution in [0.2, 0.25) is 0 Å². The number of para-hydroxylation sites is 4. The molecule has 3 heteroatoms. The van der Waals surface area contributed by atoms with Gasteiger partial charge in [0.1, 0.15) is 11.2 Å². The predicted octanol–water partition coefficient (Wildman–Crippen LogP) is 16.8. The summed E-state index contributed by atoms with van der Waals surface area (Å²) in [7, 11) is 0. The average Bonchev–Trinajstić information content (AvgIpc) is 3.91. The molecule has 0 aliphatic rings. The minimum Gasteiger partial charge on any atom is -0.455 e. The highest BCUT2D eigenvalue weighted by atomic mass is 16.3. The molecule has 0 aliphatic heterocycles. The molecule has 0 fully saturated rings. The average molecular weight is 805 g/mol. The molecule has 12 rings (SSSR count). The first-order chi connectivity index (χ1) is 31.2. The van der Waals surface area contributed by atoms with E-state index < -0.39 is 0 Å². The fourth-order valence-electron chi connectivity index (χ4n) is 9.36. The molecular formula is C60H40N2O. The molecule has 0 spiro atoms. The van der Waals surface area contributed by atoms with Gasteiger partial charge in [-0.2, -0.15) is 0 Å². The Hall–Kier alpha value is -8.40. The van der Waals surface area contributed by atoms with Crippen LogP contribution >= 0.6 is 0 Å². The molecule has 0 aliphatic carbocycles. The van der Waals surface area contributed by atoms with Crippen molar-refractivity contribution in [1.29, 1.82) is 0 Å². The SMILES string of the molecule is c1ccc(-c2cc(-c3ccccc3)cc(-c3ccc(N(c4ccc(-c5cccc6c5oc5ccccc56)cc4)c4ccc5c(c4)c4ccccc4n5-c4ccccc4)cc3)c2)cc1. The summed E-state index contributed by atoms with van der Waals surface area (Å²) in [5, 5.41) is 4.68. The van der Waals surface area contributed by atoms with Gasteiger partial charge >= 0.3 is 0 Å². The molecule has 0 bridgehead atoms. The number of fused-ring (bicyclic) bond motifs is 6. The first kappa shape index (κ1) is 36.5. The van der Waals surface area contributed by atoms with E-state index in [1.165, 1.54) is 49.6 Å². The van der Waals surface area contributed by atoms with Gasteiger partial charge in [-0.15, -0.1) is 0 Å². The zero-order valence-corrected chi connectivity index (χ0v) is 34.4. The number of anilines is 3. The van der Waals surface area contributed by atoms with Crippen molar-refractivity contribution in [2.24, 2.45) is 0 Å². The molecule has 2 heterocycles. The van der Waals surface area contributed by atoms with E-state index in [0.29, 0.717) is 0 Å². The summed E-state index contributed by atoms with van der Waals surface area (Å²) in [5.41, 5.74) is 17.8. The zero-order valence-electron chi connectivity index (χ0n) is 34.4. The maximum absolute atomic E-state index is 6.46. The van der Waals surface area contributed by atoms with Gasteiger partial charge < -0.3 is 13.9 Å². The minimum absolute atomic E-state index is 0.901. The summed E-state index contributed by atoms with van der Waals surface area (Å²) < 4.78 is 8.83. The van der Waals surface area contributed by atoms with Crippen molar-refractivity contribution in [3.05, 3.63) is 243 Å². The standard InChI is InChI=1S/C60H40N2O/c1-4-15-41(16-5-1)45-37-46(42-17-6-2-7-18-42)39-47(38-45)43-27-31-49(32-28-43)61(50-33-29-44(30-34-50)52-23-14-24-55-54-22-11-13-26-59(54)63-60(52)55)51-35-36-58-56(40-51)53-21-10-12-25-57(53)62(58)48-19-8-3-9-20-48/h1-40H. The quantitative estimate of drug-likeness (QED) is 0.153. The number of aromatic nitrogens is 1. The second kappa shape index (κ2) is 15.3. The van der Waals surface area contributed by atoms with Crippen molar-refractivity contribution in [1.82, 2.24) is 4.57 Å². The van der Waals surface area contributed by atoms with E-state index in [2.05, 4.69) is 240 Å². The topological polar surface area (TPSA) is 21.3 Å². The van der Waals surface area contributed by atoms with Gasteiger partial charge in [0.15, 0.2) is 0 Å². The Morgan fingerprint density at radius 2 is 0.794 bits per heavy atom. The summed E-state index contributed by atoms with van der Waals surface area (Å²) in [4.78, 5) is 2.37. The Labute approximate surface area is 366 Å². The molecule has 0 atom stereocenters. The summed E-state index contributed by atoms with van der Waals surface area (Å²) in [6.45, 7) is 0. The van der Waals surface area contributed by atoms with Crippen LogP contribution in [0.3, 0.4) is 0 Å². The third-order valence-corrected chi connectivity index (χ3v) is 12.4. The molecule has 0 saturated carbocycles. The summed E-state index contributed by atoms with van der Waals surface area (Å²) in [6, 6.07) is 87.1. The highest BCUT2D eigenvalue weighted by Gasteiger charge is 2.19. The molecule has 0 N–H and O–H groups in total. The van der Waals surface area contributed by atoms with Gasteiger partial charge in [-0.3, -0.25) is 0 Å². The lowest BCUT2D eigenvalue weighted by Crippen LogP contribution is -2.10. The number of benzene rings is 10. The van der Waals surface area contributed by atoms with Crippen molar-refractivity contribution in [2.75, 3.05) is 4.90 Å². The van der Waals surface area contributed by atoms with E-state index in [-0.39, 0.29) is 0 Å². The molecule has 2 aromatic heterocycles. The normalized spacial score (nSPS) is 11.5. The largest absolute Gasteiger partial charge is 0.455 e. The molecule has 296 valence electrons. The monoisotopic (exact) mass is 804 g/mol. The van der Waals surface area contributed by atoms with Crippen molar-refractivity contribution in [3.8, 4) is 50.2 Å². The first-order valence-electron chi connectivity index (χ1n) is 21.5. The van der Waals surface area contributed by atoms with Crippen LogP contribution in [0.15, 0.2) is 247 Å². The van der Waals surface area contributed by atoms with Crippen LogP contribution in [0.5, 0.6) is 0 Å². The summed E-state index contributed by atoms with van der Waals surface area (Å²) in [5.74, 6) is 0. The first-order valence-corrected chi connectivity index (χ1v) is 21.5. The van der Waals surface area contributed by atoms with Gasteiger partial charge in [0.2, 0.25) is 0 Å². The molecule has 0 unspecified atom stereocenters. The number of hydrogen-bond acceptors (Lipinski definition) is 2. The lowest BCUT2D eigenvalue weighted by atomic mass is 9.93. The molecular weight excluding hydrogens is 765 g/mol. The number of hydrogen-bond donors (Lipinski definition) is 0. The Morgan fingerprint density at radius 3 is 1.44 bits per heavy atom. The van der Waals surface area contributed by atoms with Crippen molar-refractivity contribution in [2.45, 2.75) is 0 Å². The molecule has 12 aromatic rings. The fourth-order valence-corrected chi connectivity index (χ4v) is 9.36. The van der Waals surface area contributed by atoms with E-state index in [1.54, 1.807) is 0 Å². The van der Waals surface area contributed by atoms with Crippen LogP contribution in [0.4, 0.5) is 17.1 Å². The van der Waals surface area contributed by atoms with Crippen LogP contribution in [-0.4, -0.2) is 4.57 Å². The Kier molecular flexibility index (Phi) is 8.83. The molecule has 63 heavy (non-hydrogen) atoms. The fraction of sp³-hybridized carbons (Fsp3) is 0. The van der Waals surface area contributed by atoms with Crippen LogP contribution in [0.25, 0.3) is 93.9 Å². The van der Waals surface area contributed by atoms with E-state index >= 15 is 0 Å². The van der Waals surface area contributed by atoms with Crippen LogP contribution in [0, 0.1) is 0 Å². The molecule has 0 saturated heterocycles. The van der Waals surface area contributed by atoms with Crippen LogP contribution < -0.4 is 4.90 Å². The number of rotatable bonds is 8. The van der Waals surface area contributed by atoms with E-state index in [4.69, 9.17) is 4.42 Å². The third kappa shape index (κ3) is 6.46. The van der Waals surface area contributed by atoms with Gasteiger partial charge in [0, 0.05) is 49.9 Å². The van der Waals surface area contributed by atoms with Gasteiger partial charge in [-0.05, 0) is 124 Å². The van der Waals surface area contributed by atoms with Crippen LogP contribution in [-0.2, 0) is 0 Å². The number of nitrogens with zero attached hydrogens (tertiary/aromatic N) is 2. The maximum atomic E-state index is 6.46. The predicted molar refractivity (Wildman–Crippen MR) is 264 cm³/mol. The highest BCUT2D eigenvalue weighted by Crippen LogP contribution is 2.43.